The first-order valence-corrected chi connectivity index (χ1v) is 15.2. The smallest absolute Gasteiger partial charge is 0.259 e. The summed E-state index contributed by atoms with van der Waals surface area (Å²) in [6.45, 7) is -0.528. The van der Waals surface area contributed by atoms with Crippen LogP contribution in [0.3, 0.4) is 0 Å². The molecule has 4 rings (SSSR count). The molecule has 1 atom stereocenters. The van der Waals surface area contributed by atoms with Gasteiger partial charge >= 0.3 is 0 Å². The maximum atomic E-state index is 13.5. The lowest BCUT2D eigenvalue weighted by molar-refractivity contribution is -0.125. The van der Waals surface area contributed by atoms with E-state index in [-0.39, 0.29) is 29.4 Å². The Balaban J connectivity index is 1.61. The molecular formula is C25H32N4O5S2. The first-order chi connectivity index (χ1) is 17.3. The molecule has 1 saturated carbocycles. The Morgan fingerprint density at radius 2 is 1.28 bits per heavy atom. The van der Waals surface area contributed by atoms with Gasteiger partial charge in [0.15, 0.2) is 0 Å². The summed E-state index contributed by atoms with van der Waals surface area (Å²) in [6, 6.07) is 14.5. The van der Waals surface area contributed by atoms with Crippen molar-refractivity contribution in [1.29, 1.82) is 0 Å². The zero-order valence-corrected chi connectivity index (χ0v) is 21.8. The van der Waals surface area contributed by atoms with Crippen molar-refractivity contribution in [1.82, 2.24) is 14.0 Å². The van der Waals surface area contributed by atoms with Crippen LogP contribution in [-0.4, -0.2) is 62.7 Å². The highest BCUT2D eigenvalue weighted by Crippen LogP contribution is 2.25. The average Bonchev–Trinajstić information content (AvgIpc) is 2.88. The molecule has 0 radical (unpaired) electrons. The summed E-state index contributed by atoms with van der Waals surface area (Å²) in [6.07, 6.45) is 6.98. The molecule has 0 aromatic heterocycles. The van der Waals surface area contributed by atoms with Gasteiger partial charge in [-0.3, -0.25) is 4.79 Å². The van der Waals surface area contributed by atoms with Crippen LogP contribution in [0.2, 0.25) is 0 Å². The Hall–Kier alpha value is -2.60. The number of hydrazone groups is 1. The van der Waals surface area contributed by atoms with E-state index >= 15 is 0 Å². The number of benzene rings is 2. The van der Waals surface area contributed by atoms with E-state index in [9.17, 15) is 21.6 Å². The van der Waals surface area contributed by atoms with Gasteiger partial charge in [0.2, 0.25) is 20.0 Å². The van der Waals surface area contributed by atoms with Gasteiger partial charge in [-0.1, -0.05) is 55.7 Å². The molecule has 0 bridgehead atoms. The van der Waals surface area contributed by atoms with Crippen molar-refractivity contribution in [3.05, 3.63) is 60.7 Å². The van der Waals surface area contributed by atoms with E-state index in [0.29, 0.717) is 0 Å². The van der Waals surface area contributed by atoms with Gasteiger partial charge in [-0.05, 0) is 49.9 Å². The second kappa shape index (κ2) is 11.6. The fraction of sp³-hybridized carbons (Fsp3) is 0.440. The lowest BCUT2D eigenvalue weighted by Gasteiger charge is -2.38. The lowest BCUT2D eigenvalue weighted by Crippen LogP contribution is -2.60. The monoisotopic (exact) mass is 532 g/mol. The van der Waals surface area contributed by atoms with E-state index in [4.69, 9.17) is 0 Å². The summed E-state index contributed by atoms with van der Waals surface area (Å²) in [5.41, 5.74) is 3.44. The largest absolute Gasteiger partial charge is 0.271 e. The number of carbonyl (C=O) groups excluding carboxylic acids is 1. The molecule has 2 fully saturated rings. The minimum atomic E-state index is -4.04. The predicted octanol–water partition coefficient (Wildman–Crippen LogP) is 2.97. The number of rotatable bonds is 6. The third-order valence-electron chi connectivity index (χ3n) is 6.58. The van der Waals surface area contributed by atoms with Crippen LogP contribution >= 0.6 is 0 Å². The van der Waals surface area contributed by atoms with Crippen LogP contribution in [0.15, 0.2) is 75.6 Å². The van der Waals surface area contributed by atoms with Crippen LogP contribution in [0.4, 0.5) is 0 Å². The van der Waals surface area contributed by atoms with Gasteiger partial charge in [-0.25, -0.2) is 22.3 Å². The zero-order chi connectivity index (χ0) is 25.6. The number of nitrogens with zero attached hydrogens (tertiary/aromatic N) is 3. The van der Waals surface area contributed by atoms with Gasteiger partial charge in [0, 0.05) is 25.3 Å². The Kier molecular flexibility index (Phi) is 8.55. The molecule has 1 aliphatic heterocycles. The molecule has 2 aromatic rings. The summed E-state index contributed by atoms with van der Waals surface area (Å²) < 4.78 is 55.7. The topological polar surface area (TPSA) is 116 Å². The van der Waals surface area contributed by atoms with Crippen molar-refractivity contribution in [2.75, 3.05) is 19.6 Å². The Morgan fingerprint density at radius 3 is 1.86 bits per heavy atom. The minimum Gasteiger partial charge on any atom is -0.271 e. The van der Waals surface area contributed by atoms with Crippen LogP contribution in [-0.2, 0) is 24.8 Å². The molecular weight excluding hydrogens is 500 g/mol. The molecule has 2 aromatic carbocycles. The van der Waals surface area contributed by atoms with Crippen molar-refractivity contribution in [2.24, 2.45) is 5.10 Å². The van der Waals surface area contributed by atoms with E-state index < -0.39 is 32.0 Å². The van der Waals surface area contributed by atoms with Gasteiger partial charge in [-0.2, -0.15) is 13.7 Å². The lowest BCUT2D eigenvalue weighted by atomic mass is 9.99. The van der Waals surface area contributed by atoms with E-state index in [0.717, 1.165) is 48.5 Å². The molecule has 1 aliphatic carbocycles. The number of amides is 1. The maximum Gasteiger partial charge on any atom is 0.259 e. The molecule has 11 heteroatoms. The van der Waals surface area contributed by atoms with Crippen LogP contribution in [0.1, 0.15) is 44.9 Å². The Morgan fingerprint density at radius 1 is 0.750 bits per heavy atom. The fourth-order valence-electron chi connectivity index (χ4n) is 4.56. The number of sulfonamides is 2. The standard InChI is InChI=1S/C25H32N4O5S2/c30-25(27-26-21-12-6-2-1-3-7-13-21)24-20-28(35(31,32)22-14-8-4-9-15-22)18-19-29(24)36(33,34)23-16-10-5-11-17-23/h4-5,8-11,14-17,24H,1-3,6-7,12-13,18-20H2,(H,27,30)/t24-/m0/s1. The van der Waals surface area contributed by atoms with E-state index in [1.165, 1.54) is 35.0 Å². The molecule has 0 unspecified atom stereocenters. The first kappa shape index (κ1) is 26.5. The number of piperazine rings is 1. The summed E-state index contributed by atoms with van der Waals surface area (Å²) >= 11 is 0. The van der Waals surface area contributed by atoms with Crippen molar-refractivity contribution < 1.29 is 21.6 Å². The molecule has 1 N–H and O–H groups in total. The van der Waals surface area contributed by atoms with Crippen LogP contribution in [0.5, 0.6) is 0 Å². The van der Waals surface area contributed by atoms with Gasteiger partial charge < -0.3 is 0 Å². The highest BCUT2D eigenvalue weighted by molar-refractivity contribution is 7.89. The van der Waals surface area contributed by atoms with Gasteiger partial charge in [-0.15, -0.1) is 0 Å². The van der Waals surface area contributed by atoms with Gasteiger partial charge in [0.1, 0.15) is 6.04 Å². The number of nitrogens with one attached hydrogen (secondary N) is 1. The van der Waals surface area contributed by atoms with E-state index in [1.807, 2.05) is 0 Å². The SMILES string of the molecule is O=C(NN=C1CCCCCCC1)[C@@H]1CN(S(=O)(=O)c2ccccc2)CCN1S(=O)(=O)c1ccccc1. The summed E-state index contributed by atoms with van der Waals surface area (Å²) in [5.74, 6) is -0.642. The second-order valence-corrected chi connectivity index (χ2v) is 12.9. The van der Waals surface area contributed by atoms with Crippen molar-refractivity contribution in [3.63, 3.8) is 0 Å². The number of hydrogen-bond acceptors (Lipinski definition) is 6. The number of carbonyl (C=O) groups is 1. The van der Waals surface area contributed by atoms with Crippen molar-refractivity contribution >= 4 is 31.7 Å². The molecule has 0 spiro atoms. The molecule has 9 nitrogen and oxygen atoms in total. The summed E-state index contributed by atoms with van der Waals surface area (Å²) in [5, 5.41) is 4.32. The fourth-order valence-corrected chi connectivity index (χ4v) is 7.61. The molecule has 194 valence electrons. The first-order valence-electron chi connectivity index (χ1n) is 12.3. The normalized spacial score (nSPS) is 20.8. The minimum absolute atomic E-state index is 0.0495. The molecule has 1 heterocycles. The Bertz CT molecular complexity index is 1270. The van der Waals surface area contributed by atoms with Crippen LogP contribution in [0, 0.1) is 0 Å². The molecule has 1 saturated heterocycles. The Labute approximate surface area is 213 Å². The summed E-state index contributed by atoms with van der Waals surface area (Å²) in [7, 11) is -7.95. The maximum absolute atomic E-state index is 13.5. The molecule has 36 heavy (non-hydrogen) atoms. The predicted molar refractivity (Wildman–Crippen MR) is 137 cm³/mol. The zero-order valence-electron chi connectivity index (χ0n) is 20.1. The van der Waals surface area contributed by atoms with E-state index in [1.54, 1.807) is 36.4 Å². The quantitative estimate of drug-likeness (QED) is 0.574. The third-order valence-corrected chi connectivity index (χ3v) is 10.4. The van der Waals surface area contributed by atoms with Crippen LogP contribution in [0.25, 0.3) is 0 Å². The van der Waals surface area contributed by atoms with E-state index in [2.05, 4.69) is 10.5 Å². The molecule has 1 amide bonds. The molecule has 2 aliphatic rings. The van der Waals surface area contributed by atoms with Crippen molar-refractivity contribution in [2.45, 2.75) is 60.8 Å². The average molecular weight is 533 g/mol. The third kappa shape index (κ3) is 6.03. The van der Waals surface area contributed by atoms with Crippen LogP contribution < -0.4 is 5.43 Å². The van der Waals surface area contributed by atoms with Crippen molar-refractivity contribution in [3.8, 4) is 0 Å². The van der Waals surface area contributed by atoms with Gasteiger partial charge in [0.25, 0.3) is 5.91 Å². The number of hydrogen-bond donors (Lipinski definition) is 1. The van der Waals surface area contributed by atoms with Gasteiger partial charge in [0.05, 0.1) is 9.79 Å². The highest BCUT2D eigenvalue weighted by atomic mass is 32.2. The highest BCUT2D eigenvalue weighted by Gasteiger charge is 2.43. The summed E-state index contributed by atoms with van der Waals surface area (Å²) in [4.78, 5) is 13.5. The second-order valence-electron chi connectivity index (χ2n) is 9.04.